The number of hydrogen-bond acceptors (Lipinski definition) is 2. The Hall–Kier alpha value is -1.14. The Labute approximate surface area is 101 Å². The van der Waals surface area contributed by atoms with Crippen molar-refractivity contribution in [3.8, 4) is 0 Å². The van der Waals surface area contributed by atoms with E-state index in [-0.39, 0.29) is 24.9 Å². The quantitative estimate of drug-likeness (QED) is 0.803. The van der Waals surface area contributed by atoms with Gasteiger partial charge in [0.25, 0.3) is 0 Å². The third-order valence-electron chi connectivity index (χ3n) is 3.52. The van der Waals surface area contributed by atoms with Crippen molar-refractivity contribution in [3.63, 3.8) is 0 Å². The predicted octanol–water partition coefficient (Wildman–Crippen LogP) is 2.20. The van der Waals surface area contributed by atoms with E-state index in [0.29, 0.717) is 6.07 Å². The summed E-state index contributed by atoms with van der Waals surface area (Å²) in [6.07, 6.45) is -4.95. The van der Waals surface area contributed by atoms with Gasteiger partial charge in [-0.1, -0.05) is 12.1 Å². The Morgan fingerprint density at radius 2 is 1.94 bits per heavy atom. The Morgan fingerprint density at radius 3 is 2.39 bits per heavy atom. The summed E-state index contributed by atoms with van der Waals surface area (Å²) >= 11 is 0. The van der Waals surface area contributed by atoms with E-state index in [1.165, 1.54) is 12.1 Å². The van der Waals surface area contributed by atoms with Crippen molar-refractivity contribution in [3.05, 3.63) is 35.1 Å². The molecule has 6 heteroatoms. The van der Waals surface area contributed by atoms with Crippen molar-refractivity contribution in [1.82, 2.24) is 0 Å². The molecule has 0 aliphatic heterocycles. The molecule has 1 fully saturated rings. The van der Waals surface area contributed by atoms with E-state index < -0.39 is 29.1 Å². The first-order valence-corrected chi connectivity index (χ1v) is 5.54. The van der Waals surface area contributed by atoms with Crippen LogP contribution in [0.3, 0.4) is 0 Å². The number of aliphatic hydroxyl groups is 1. The Bertz CT molecular complexity index is 452. The highest BCUT2D eigenvalue weighted by molar-refractivity contribution is 5.36. The summed E-state index contributed by atoms with van der Waals surface area (Å²) in [4.78, 5) is 0. The lowest BCUT2D eigenvalue weighted by molar-refractivity contribution is -0.140. The van der Waals surface area contributed by atoms with Gasteiger partial charge in [0, 0.05) is 12.0 Å². The van der Waals surface area contributed by atoms with Gasteiger partial charge < -0.3 is 10.8 Å². The molecule has 2 nitrogen and oxygen atoms in total. The van der Waals surface area contributed by atoms with Gasteiger partial charge >= 0.3 is 6.18 Å². The summed E-state index contributed by atoms with van der Waals surface area (Å²) < 4.78 is 51.7. The molecule has 18 heavy (non-hydrogen) atoms. The monoisotopic (exact) mass is 263 g/mol. The van der Waals surface area contributed by atoms with Crippen LogP contribution in [0.2, 0.25) is 0 Å². The van der Waals surface area contributed by atoms with Gasteiger partial charge in [0.05, 0.1) is 11.7 Å². The fourth-order valence-corrected chi connectivity index (χ4v) is 2.50. The molecule has 1 aromatic rings. The lowest BCUT2D eigenvalue weighted by Crippen LogP contribution is -2.50. The molecule has 1 saturated carbocycles. The van der Waals surface area contributed by atoms with Crippen molar-refractivity contribution < 1.29 is 22.7 Å². The molecule has 1 aromatic carbocycles. The topological polar surface area (TPSA) is 46.2 Å². The minimum atomic E-state index is -4.72. The van der Waals surface area contributed by atoms with Crippen molar-refractivity contribution in [2.24, 2.45) is 5.73 Å². The van der Waals surface area contributed by atoms with Crippen LogP contribution in [0.4, 0.5) is 17.6 Å². The Kier molecular flexibility index (Phi) is 3.11. The number of rotatable bonds is 2. The first-order valence-electron chi connectivity index (χ1n) is 5.54. The van der Waals surface area contributed by atoms with Crippen LogP contribution >= 0.6 is 0 Å². The first-order chi connectivity index (χ1) is 8.30. The molecule has 0 saturated heterocycles. The van der Waals surface area contributed by atoms with Crippen LogP contribution in [0.1, 0.15) is 24.0 Å². The average Bonchev–Trinajstić information content (AvgIpc) is 2.23. The molecular formula is C12H13F4NO. The van der Waals surface area contributed by atoms with Crippen LogP contribution in [0.15, 0.2) is 18.2 Å². The number of alkyl halides is 3. The second-order valence-corrected chi connectivity index (χ2v) is 4.71. The van der Waals surface area contributed by atoms with E-state index in [1.54, 1.807) is 0 Å². The van der Waals surface area contributed by atoms with Crippen LogP contribution < -0.4 is 5.73 Å². The lowest BCUT2D eigenvalue weighted by atomic mass is 9.62. The summed E-state index contributed by atoms with van der Waals surface area (Å²) in [5.41, 5.74) is 3.33. The van der Waals surface area contributed by atoms with Gasteiger partial charge in [0.1, 0.15) is 5.82 Å². The number of nitrogens with two attached hydrogens (primary N) is 1. The van der Waals surface area contributed by atoms with Gasteiger partial charge in [-0.25, -0.2) is 4.39 Å². The molecule has 0 aromatic heterocycles. The highest BCUT2D eigenvalue weighted by Gasteiger charge is 2.47. The minimum Gasteiger partial charge on any atom is -0.393 e. The molecule has 3 N–H and O–H groups in total. The van der Waals surface area contributed by atoms with E-state index in [0.717, 1.165) is 0 Å². The van der Waals surface area contributed by atoms with Crippen molar-refractivity contribution in [2.45, 2.75) is 30.5 Å². The molecule has 0 heterocycles. The summed E-state index contributed by atoms with van der Waals surface area (Å²) in [5, 5.41) is 9.30. The van der Waals surface area contributed by atoms with E-state index in [2.05, 4.69) is 0 Å². The van der Waals surface area contributed by atoms with Gasteiger partial charge in [-0.15, -0.1) is 0 Å². The van der Waals surface area contributed by atoms with E-state index in [4.69, 9.17) is 5.73 Å². The van der Waals surface area contributed by atoms with Crippen LogP contribution in [-0.2, 0) is 11.6 Å². The highest BCUT2D eigenvalue weighted by atomic mass is 19.4. The zero-order valence-corrected chi connectivity index (χ0v) is 9.47. The second-order valence-electron chi connectivity index (χ2n) is 4.71. The average molecular weight is 263 g/mol. The molecule has 100 valence electrons. The summed E-state index contributed by atoms with van der Waals surface area (Å²) in [5.74, 6) is -1.28. The van der Waals surface area contributed by atoms with Crippen LogP contribution in [-0.4, -0.2) is 17.8 Å². The van der Waals surface area contributed by atoms with E-state index in [1.807, 2.05) is 0 Å². The maximum Gasteiger partial charge on any atom is 0.419 e. The van der Waals surface area contributed by atoms with E-state index in [9.17, 15) is 22.7 Å². The van der Waals surface area contributed by atoms with Crippen molar-refractivity contribution >= 4 is 0 Å². The molecule has 0 unspecified atom stereocenters. The highest BCUT2D eigenvalue weighted by Crippen LogP contribution is 2.45. The number of halogens is 4. The first kappa shape index (κ1) is 13.3. The predicted molar refractivity (Wildman–Crippen MR) is 57.4 cm³/mol. The summed E-state index contributed by atoms with van der Waals surface area (Å²) in [6, 6.07) is 3.19. The van der Waals surface area contributed by atoms with E-state index >= 15 is 0 Å². The minimum absolute atomic E-state index is 0.0162. The largest absolute Gasteiger partial charge is 0.419 e. The van der Waals surface area contributed by atoms with Gasteiger partial charge in [-0.05, 0) is 24.5 Å². The Morgan fingerprint density at radius 1 is 1.33 bits per heavy atom. The van der Waals surface area contributed by atoms with Gasteiger partial charge in [0.15, 0.2) is 0 Å². The van der Waals surface area contributed by atoms with Gasteiger partial charge in [0.2, 0.25) is 0 Å². The third kappa shape index (κ3) is 1.99. The molecule has 1 aliphatic rings. The normalized spacial score (nSPS) is 28.0. The number of hydrogen-bond donors (Lipinski definition) is 2. The number of benzene rings is 1. The molecule has 0 radical (unpaired) electrons. The summed E-state index contributed by atoms with van der Waals surface area (Å²) in [6.45, 7) is 0.0162. The summed E-state index contributed by atoms with van der Waals surface area (Å²) in [7, 11) is 0. The van der Waals surface area contributed by atoms with Gasteiger partial charge in [-0.3, -0.25) is 0 Å². The van der Waals surface area contributed by atoms with Crippen molar-refractivity contribution in [2.75, 3.05) is 6.54 Å². The zero-order valence-electron chi connectivity index (χ0n) is 9.47. The molecular weight excluding hydrogens is 250 g/mol. The molecule has 2 rings (SSSR count). The smallest absolute Gasteiger partial charge is 0.393 e. The third-order valence-corrected chi connectivity index (χ3v) is 3.52. The molecule has 0 spiro atoms. The molecule has 1 aliphatic carbocycles. The standard InChI is InChI=1S/C12H13F4NO/c13-10-8(11(6-17)4-7(18)5-11)2-1-3-9(10)12(14,15)16/h1-3,7,18H,4-6,17H2. The van der Waals surface area contributed by atoms with Crippen LogP contribution in [0, 0.1) is 5.82 Å². The lowest BCUT2D eigenvalue weighted by Gasteiger charge is -2.45. The zero-order chi connectivity index (χ0) is 13.6. The fraction of sp³-hybridized carbons (Fsp3) is 0.500. The SMILES string of the molecule is NCC1(c2cccc(C(F)(F)F)c2F)CC(O)C1. The van der Waals surface area contributed by atoms with Gasteiger partial charge in [-0.2, -0.15) is 13.2 Å². The maximum absolute atomic E-state index is 13.9. The van der Waals surface area contributed by atoms with Crippen molar-refractivity contribution in [1.29, 1.82) is 0 Å². The molecule has 0 atom stereocenters. The molecule has 0 bridgehead atoms. The molecule has 0 amide bonds. The maximum atomic E-state index is 13.9. The Balaban J connectivity index is 2.47. The number of aliphatic hydroxyl groups excluding tert-OH is 1. The fourth-order valence-electron chi connectivity index (χ4n) is 2.50. The van der Waals surface area contributed by atoms with Crippen LogP contribution in [0.25, 0.3) is 0 Å². The second kappa shape index (κ2) is 4.20. The van der Waals surface area contributed by atoms with Crippen LogP contribution in [0.5, 0.6) is 0 Å².